The van der Waals surface area contributed by atoms with Gasteiger partial charge in [-0.15, -0.1) is 11.3 Å². The van der Waals surface area contributed by atoms with Gasteiger partial charge in [-0.05, 0) is 12.3 Å². The van der Waals surface area contributed by atoms with Gasteiger partial charge in [-0.2, -0.15) is 5.10 Å². The Morgan fingerprint density at radius 1 is 1.21 bits per heavy atom. The number of thioether (sulfide) groups is 1. The second-order valence-corrected chi connectivity index (χ2v) is 9.98. The van der Waals surface area contributed by atoms with Crippen molar-refractivity contribution in [2.75, 3.05) is 25.3 Å². The van der Waals surface area contributed by atoms with Gasteiger partial charge < -0.3 is 9.47 Å². The minimum Gasteiger partial charge on any atom is -0.354 e. The zero-order valence-electron chi connectivity index (χ0n) is 16.3. The summed E-state index contributed by atoms with van der Waals surface area (Å²) in [6.45, 7) is 0.380. The molecule has 0 saturated carbocycles. The van der Waals surface area contributed by atoms with Crippen LogP contribution in [0, 0.1) is 0 Å². The van der Waals surface area contributed by atoms with Crippen molar-refractivity contribution in [1.29, 1.82) is 0 Å². The van der Waals surface area contributed by atoms with Crippen LogP contribution in [0.5, 0.6) is 0 Å². The molecule has 4 heterocycles. The molecule has 5 rings (SSSR count). The number of hydrogen-bond acceptors (Lipinski definition) is 8. The van der Waals surface area contributed by atoms with E-state index >= 15 is 0 Å². The Balaban J connectivity index is 1.65. The zero-order chi connectivity index (χ0) is 20.3. The van der Waals surface area contributed by atoms with Crippen LogP contribution in [0.2, 0.25) is 0 Å². The van der Waals surface area contributed by atoms with Gasteiger partial charge in [0.1, 0.15) is 5.52 Å². The van der Waals surface area contributed by atoms with Gasteiger partial charge in [-0.3, -0.25) is 4.79 Å². The van der Waals surface area contributed by atoms with Gasteiger partial charge in [-0.1, -0.05) is 35.2 Å². The predicted molar refractivity (Wildman–Crippen MR) is 123 cm³/mol. The minimum absolute atomic E-state index is 0.110. The van der Waals surface area contributed by atoms with E-state index in [4.69, 9.17) is 4.98 Å². The Hall–Kier alpha value is -2.43. The van der Waals surface area contributed by atoms with Crippen LogP contribution < -0.4 is 10.5 Å². The maximum atomic E-state index is 13.3. The van der Waals surface area contributed by atoms with Crippen molar-refractivity contribution in [3.8, 4) is 0 Å². The van der Waals surface area contributed by atoms with Crippen LogP contribution >= 0.6 is 34.4 Å². The quantitative estimate of drug-likeness (QED) is 0.395. The molecule has 10 heteroatoms. The number of hydrogen-bond donors (Lipinski definition) is 0. The molecule has 0 amide bonds. The smallest absolute Gasteiger partial charge is 0.291 e. The molecular weight excluding hydrogens is 424 g/mol. The topological polar surface area (TPSA) is 68.8 Å². The first kappa shape index (κ1) is 18.6. The van der Waals surface area contributed by atoms with Crippen LogP contribution in [0.15, 0.2) is 33.5 Å². The molecule has 0 aliphatic carbocycles. The number of nitrogens with zero attached hydrogens (tertiary/aromatic N) is 6. The summed E-state index contributed by atoms with van der Waals surface area (Å²) in [6.07, 6.45) is 3.79. The van der Waals surface area contributed by atoms with E-state index < -0.39 is 0 Å². The second-order valence-electron chi connectivity index (χ2n) is 6.92. The number of aromatic nitrogens is 5. The van der Waals surface area contributed by atoms with E-state index in [2.05, 4.69) is 16.1 Å². The lowest BCUT2D eigenvalue weighted by molar-refractivity contribution is 0.646. The maximum Gasteiger partial charge on any atom is 0.291 e. The summed E-state index contributed by atoms with van der Waals surface area (Å²) in [7, 11) is 5.86. The highest BCUT2D eigenvalue weighted by Crippen LogP contribution is 2.34. The lowest BCUT2D eigenvalue weighted by Crippen LogP contribution is -2.24. The third-order valence-corrected chi connectivity index (χ3v) is 8.13. The highest BCUT2D eigenvalue weighted by atomic mass is 32.2. The monoisotopic (exact) mass is 442 g/mol. The molecule has 0 unspecified atom stereocenters. The van der Waals surface area contributed by atoms with E-state index in [-0.39, 0.29) is 5.56 Å². The summed E-state index contributed by atoms with van der Waals surface area (Å²) in [4.78, 5) is 24.6. The number of para-hydroxylation sites is 1. The lowest BCUT2D eigenvalue weighted by atomic mass is 10.2. The molecule has 0 aliphatic heterocycles. The van der Waals surface area contributed by atoms with Crippen molar-refractivity contribution in [3.63, 3.8) is 0 Å². The Labute approximate surface area is 178 Å². The molecule has 0 aliphatic rings. The summed E-state index contributed by atoms with van der Waals surface area (Å²) >= 11 is 4.86. The molecule has 0 bridgehead atoms. The third-order valence-electron chi connectivity index (χ3n) is 4.87. The molecular formula is C19H18N6OS3. The number of thiazole rings is 2. The standard InChI is InChI=1S/C19H18N6OS3/c1-23(2)18-21-13-10(6-5-7-12(13)28-18)9-25-17(26)14-11(8-20-25)15-16(24(14)3)22-19(27-4)29-15/h5-8H,9H2,1-4H3. The molecule has 7 nitrogen and oxygen atoms in total. The summed E-state index contributed by atoms with van der Waals surface area (Å²) < 4.78 is 6.51. The van der Waals surface area contributed by atoms with Crippen molar-refractivity contribution in [2.24, 2.45) is 7.05 Å². The fourth-order valence-electron chi connectivity index (χ4n) is 3.44. The van der Waals surface area contributed by atoms with Gasteiger partial charge in [0.25, 0.3) is 5.56 Å². The maximum absolute atomic E-state index is 13.3. The second kappa shape index (κ2) is 6.82. The highest BCUT2D eigenvalue weighted by Gasteiger charge is 2.18. The first-order valence-electron chi connectivity index (χ1n) is 8.92. The van der Waals surface area contributed by atoms with Gasteiger partial charge in [-0.25, -0.2) is 14.6 Å². The van der Waals surface area contributed by atoms with Gasteiger partial charge in [0.15, 0.2) is 15.1 Å². The fraction of sp³-hybridized carbons (Fsp3) is 0.263. The van der Waals surface area contributed by atoms with E-state index in [9.17, 15) is 4.79 Å². The number of fused-ring (bicyclic) bond motifs is 4. The molecule has 4 aromatic heterocycles. The molecule has 29 heavy (non-hydrogen) atoms. The molecule has 0 atom stereocenters. The number of rotatable bonds is 4. The van der Waals surface area contributed by atoms with E-state index in [0.717, 1.165) is 41.0 Å². The average molecular weight is 443 g/mol. The van der Waals surface area contributed by atoms with Crippen molar-refractivity contribution in [2.45, 2.75) is 10.9 Å². The summed E-state index contributed by atoms with van der Waals surface area (Å²) in [5.74, 6) is 0. The van der Waals surface area contributed by atoms with Crippen molar-refractivity contribution in [1.82, 2.24) is 24.3 Å². The van der Waals surface area contributed by atoms with Crippen LogP contribution in [-0.4, -0.2) is 44.7 Å². The van der Waals surface area contributed by atoms with Crippen LogP contribution in [0.1, 0.15) is 5.56 Å². The molecule has 0 spiro atoms. The molecule has 0 fully saturated rings. The largest absolute Gasteiger partial charge is 0.354 e. The van der Waals surface area contributed by atoms with Gasteiger partial charge >= 0.3 is 0 Å². The van der Waals surface area contributed by atoms with E-state index in [1.165, 1.54) is 4.68 Å². The number of aryl methyl sites for hydroxylation is 1. The Morgan fingerprint density at radius 3 is 2.79 bits per heavy atom. The Bertz CT molecular complexity index is 1440. The first-order chi connectivity index (χ1) is 14.0. The zero-order valence-corrected chi connectivity index (χ0v) is 18.8. The lowest BCUT2D eigenvalue weighted by Gasteiger charge is -2.07. The SMILES string of the molecule is CSc1nc2c(s1)c1cnn(Cc3cccc4sc(N(C)C)nc34)c(=O)c1n2C. The average Bonchev–Trinajstić information content (AvgIpc) is 3.38. The van der Waals surface area contributed by atoms with Gasteiger partial charge in [0.2, 0.25) is 0 Å². The van der Waals surface area contributed by atoms with Gasteiger partial charge in [0, 0.05) is 32.1 Å². The molecule has 148 valence electrons. The molecule has 0 N–H and O–H groups in total. The third kappa shape index (κ3) is 2.85. The predicted octanol–water partition coefficient (Wildman–Crippen LogP) is 3.79. The van der Waals surface area contributed by atoms with E-state index in [1.54, 1.807) is 40.6 Å². The van der Waals surface area contributed by atoms with E-state index in [1.807, 2.05) is 49.0 Å². The van der Waals surface area contributed by atoms with Crippen molar-refractivity contribution in [3.05, 3.63) is 40.3 Å². The Morgan fingerprint density at radius 2 is 2.03 bits per heavy atom. The fourth-order valence-corrected chi connectivity index (χ4v) is 5.98. The molecule has 5 aromatic rings. The highest BCUT2D eigenvalue weighted by molar-refractivity contribution is 8.00. The van der Waals surface area contributed by atoms with Crippen LogP contribution in [-0.2, 0) is 13.6 Å². The summed E-state index contributed by atoms with van der Waals surface area (Å²) in [5.41, 5.74) is 3.28. The summed E-state index contributed by atoms with van der Waals surface area (Å²) in [6, 6.07) is 6.07. The minimum atomic E-state index is -0.110. The van der Waals surface area contributed by atoms with Crippen molar-refractivity contribution >= 4 is 71.0 Å². The van der Waals surface area contributed by atoms with Crippen LogP contribution in [0.3, 0.4) is 0 Å². The van der Waals surface area contributed by atoms with Crippen LogP contribution in [0.25, 0.3) is 31.5 Å². The number of benzene rings is 1. The van der Waals surface area contributed by atoms with Crippen LogP contribution in [0.4, 0.5) is 5.13 Å². The van der Waals surface area contributed by atoms with Gasteiger partial charge in [0.05, 0.1) is 27.7 Å². The molecule has 0 saturated heterocycles. The number of anilines is 1. The van der Waals surface area contributed by atoms with E-state index in [0.29, 0.717) is 12.1 Å². The molecule has 0 radical (unpaired) electrons. The summed E-state index contributed by atoms with van der Waals surface area (Å²) in [5, 5.41) is 6.29. The Kier molecular flexibility index (Phi) is 4.37. The van der Waals surface area contributed by atoms with Crippen molar-refractivity contribution < 1.29 is 0 Å². The molecule has 1 aromatic carbocycles. The normalized spacial score (nSPS) is 11.9. The first-order valence-corrected chi connectivity index (χ1v) is 11.8.